The number of aromatic nitrogens is 1. The molecule has 6 nitrogen and oxygen atoms in total. The Labute approximate surface area is 157 Å². The fourth-order valence-electron chi connectivity index (χ4n) is 2.77. The summed E-state index contributed by atoms with van der Waals surface area (Å²) in [7, 11) is 0. The predicted molar refractivity (Wildman–Crippen MR) is 102 cm³/mol. The Morgan fingerprint density at radius 2 is 2.00 bits per heavy atom. The zero-order chi connectivity index (χ0) is 19.2. The van der Waals surface area contributed by atoms with Crippen LogP contribution in [0.1, 0.15) is 18.9 Å². The highest BCUT2D eigenvalue weighted by molar-refractivity contribution is 5.95. The molecular weight excluding hydrogens is 342 g/mol. The molecule has 1 atom stereocenters. The Balaban J connectivity index is 1.52. The highest BCUT2D eigenvalue weighted by Crippen LogP contribution is 2.16. The van der Waals surface area contributed by atoms with Crippen LogP contribution >= 0.6 is 0 Å². The van der Waals surface area contributed by atoms with Crippen molar-refractivity contribution >= 4 is 28.5 Å². The molecule has 0 spiro atoms. The average molecular weight is 361 g/mol. The standard InChI is InChI=1S/C21H19N3O3/c1-15(21(26)23-18-7-4-5-16(13-18)14-22)27-20(25)10-12-24-11-9-17-6-2-3-8-19(17)24/h2-9,11,13,15H,10,12H2,1H3,(H,23,26)/t15-/m1/s1. The second kappa shape index (κ2) is 8.19. The van der Waals surface area contributed by atoms with Gasteiger partial charge in [-0.2, -0.15) is 5.26 Å². The lowest BCUT2D eigenvalue weighted by Crippen LogP contribution is -2.30. The van der Waals surface area contributed by atoms with Gasteiger partial charge in [-0.05, 0) is 42.6 Å². The van der Waals surface area contributed by atoms with E-state index in [0.29, 0.717) is 17.8 Å². The van der Waals surface area contributed by atoms with Crippen LogP contribution in [0.25, 0.3) is 10.9 Å². The molecule has 0 bridgehead atoms. The number of nitrogens with zero attached hydrogens (tertiary/aromatic N) is 2. The van der Waals surface area contributed by atoms with Gasteiger partial charge in [-0.3, -0.25) is 9.59 Å². The fraction of sp³-hybridized carbons (Fsp3) is 0.190. The SMILES string of the molecule is C[C@@H](OC(=O)CCn1ccc2ccccc21)C(=O)Nc1cccc(C#N)c1. The molecule has 136 valence electrons. The first-order chi connectivity index (χ1) is 13.1. The van der Waals surface area contributed by atoms with Gasteiger partial charge in [0.25, 0.3) is 5.91 Å². The van der Waals surface area contributed by atoms with Crippen molar-refractivity contribution in [3.63, 3.8) is 0 Å². The summed E-state index contributed by atoms with van der Waals surface area (Å²) < 4.78 is 7.20. The van der Waals surface area contributed by atoms with Gasteiger partial charge >= 0.3 is 5.97 Å². The van der Waals surface area contributed by atoms with Crippen molar-refractivity contribution in [1.82, 2.24) is 4.57 Å². The van der Waals surface area contributed by atoms with E-state index >= 15 is 0 Å². The number of fused-ring (bicyclic) bond motifs is 1. The van der Waals surface area contributed by atoms with E-state index in [9.17, 15) is 9.59 Å². The number of nitriles is 1. The Hall–Kier alpha value is -3.59. The molecule has 0 aliphatic rings. The van der Waals surface area contributed by atoms with E-state index in [4.69, 9.17) is 10.00 Å². The number of aryl methyl sites for hydroxylation is 1. The summed E-state index contributed by atoms with van der Waals surface area (Å²) in [5.41, 5.74) is 1.98. The van der Waals surface area contributed by atoms with Crippen molar-refractivity contribution < 1.29 is 14.3 Å². The molecule has 1 N–H and O–H groups in total. The van der Waals surface area contributed by atoms with Crippen LogP contribution in [0.15, 0.2) is 60.8 Å². The van der Waals surface area contributed by atoms with Gasteiger partial charge in [-0.25, -0.2) is 0 Å². The van der Waals surface area contributed by atoms with Crippen molar-refractivity contribution in [3.05, 3.63) is 66.4 Å². The highest BCUT2D eigenvalue weighted by atomic mass is 16.5. The van der Waals surface area contributed by atoms with E-state index in [0.717, 1.165) is 10.9 Å². The lowest BCUT2D eigenvalue weighted by molar-refractivity contribution is -0.153. The Bertz CT molecular complexity index is 1020. The third kappa shape index (κ3) is 4.53. The molecule has 2 aromatic carbocycles. The number of carbonyl (C=O) groups is 2. The summed E-state index contributed by atoms with van der Waals surface area (Å²) in [5.74, 6) is -0.883. The van der Waals surface area contributed by atoms with Crippen LogP contribution in [0.2, 0.25) is 0 Å². The molecule has 0 unspecified atom stereocenters. The largest absolute Gasteiger partial charge is 0.452 e. The van der Waals surface area contributed by atoms with Crippen LogP contribution in [0.5, 0.6) is 0 Å². The third-order valence-corrected chi connectivity index (χ3v) is 4.17. The third-order valence-electron chi connectivity index (χ3n) is 4.17. The first-order valence-electron chi connectivity index (χ1n) is 8.61. The normalized spacial score (nSPS) is 11.6. The summed E-state index contributed by atoms with van der Waals surface area (Å²) in [6, 6.07) is 18.5. The molecule has 0 fully saturated rings. The summed E-state index contributed by atoms with van der Waals surface area (Å²) >= 11 is 0. The highest BCUT2D eigenvalue weighted by Gasteiger charge is 2.18. The maximum absolute atomic E-state index is 12.2. The zero-order valence-electron chi connectivity index (χ0n) is 14.9. The minimum atomic E-state index is -0.926. The first-order valence-corrected chi connectivity index (χ1v) is 8.61. The number of hydrogen-bond acceptors (Lipinski definition) is 4. The smallest absolute Gasteiger partial charge is 0.308 e. The van der Waals surface area contributed by atoms with Gasteiger partial charge in [0.1, 0.15) is 0 Å². The van der Waals surface area contributed by atoms with Gasteiger partial charge in [0.15, 0.2) is 6.10 Å². The van der Waals surface area contributed by atoms with E-state index < -0.39 is 18.0 Å². The predicted octanol–water partition coefficient (Wildman–Crippen LogP) is 3.47. The van der Waals surface area contributed by atoms with E-state index in [1.807, 2.05) is 47.2 Å². The van der Waals surface area contributed by atoms with Gasteiger partial charge < -0.3 is 14.6 Å². The number of hydrogen-bond donors (Lipinski definition) is 1. The lowest BCUT2D eigenvalue weighted by atomic mass is 10.2. The van der Waals surface area contributed by atoms with Crippen LogP contribution in [0.4, 0.5) is 5.69 Å². The Morgan fingerprint density at radius 1 is 1.19 bits per heavy atom. The van der Waals surface area contributed by atoms with E-state index in [2.05, 4.69) is 5.32 Å². The number of nitrogens with one attached hydrogen (secondary N) is 1. The van der Waals surface area contributed by atoms with Crippen molar-refractivity contribution in [3.8, 4) is 6.07 Å². The van der Waals surface area contributed by atoms with Crippen molar-refractivity contribution in [1.29, 1.82) is 5.26 Å². The van der Waals surface area contributed by atoms with Crippen LogP contribution < -0.4 is 5.32 Å². The number of rotatable bonds is 6. The van der Waals surface area contributed by atoms with Crippen molar-refractivity contribution in [2.45, 2.75) is 26.0 Å². The van der Waals surface area contributed by atoms with E-state index in [-0.39, 0.29) is 6.42 Å². The van der Waals surface area contributed by atoms with Crippen LogP contribution in [-0.2, 0) is 20.9 Å². The lowest BCUT2D eigenvalue weighted by Gasteiger charge is -2.14. The molecular formula is C21H19N3O3. The molecule has 0 saturated carbocycles. The van der Waals surface area contributed by atoms with Gasteiger partial charge in [0.05, 0.1) is 18.1 Å². The number of para-hydroxylation sites is 1. The maximum Gasteiger partial charge on any atom is 0.308 e. The summed E-state index contributed by atoms with van der Waals surface area (Å²) in [5, 5.41) is 12.6. The van der Waals surface area contributed by atoms with Crippen molar-refractivity contribution in [2.75, 3.05) is 5.32 Å². The molecule has 0 saturated heterocycles. The Morgan fingerprint density at radius 3 is 2.81 bits per heavy atom. The number of esters is 1. The molecule has 1 aromatic heterocycles. The summed E-state index contributed by atoms with van der Waals surface area (Å²) in [4.78, 5) is 24.3. The number of amides is 1. The van der Waals surface area contributed by atoms with Crippen LogP contribution in [0, 0.1) is 11.3 Å². The van der Waals surface area contributed by atoms with E-state index in [1.54, 1.807) is 24.3 Å². The van der Waals surface area contributed by atoms with Crippen molar-refractivity contribution in [2.24, 2.45) is 0 Å². The molecule has 0 radical (unpaired) electrons. The maximum atomic E-state index is 12.2. The molecule has 3 aromatic rings. The van der Waals surface area contributed by atoms with Crippen LogP contribution in [-0.4, -0.2) is 22.5 Å². The average Bonchev–Trinajstić information content (AvgIpc) is 3.09. The number of benzene rings is 2. The second-order valence-corrected chi connectivity index (χ2v) is 6.13. The van der Waals surface area contributed by atoms with Gasteiger partial charge in [0.2, 0.25) is 0 Å². The molecule has 0 aliphatic carbocycles. The number of carbonyl (C=O) groups excluding carboxylic acids is 2. The minimum absolute atomic E-state index is 0.167. The molecule has 0 aliphatic heterocycles. The quantitative estimate of drug-likeness (QED) is 0.681. The molecule has 1 amide bonds. The topological polar surface area (TPSA) is 84.1 Å². The Kier molecular flexibility index (Phi) is 5.53. The molecule has 3 rings (SSSR count). The molecule has 6 heteroatoms. The van der Waals surface area contributed by atoms with E-state index in [1.165, 1.54) is 6.92 Å². The minimum Gasteiger partial charge on any atom is -0.452 e. The molecule has 1 heterocycles. The van der Waals surface area contributed by atoms with Crippen LogP contribution in [0.3, 0.4) is 0 Å². The monoisotopic (exact) mass is 361 g/mol. The second-order valence-electron chi connectivity index (χ2n) is 6.13. The van der Waals surface area contributed by atoms with Gasteiger partial charge in [-0.15, -0.1) is 0 Å². The number of anilines is 1. The van der Waals surface area contributed by atoms with Gasteiger partial charge in [-0.1, -0.05) is 24.3 Å². The first kappa shape index (κ1) is 18.2. The summed E-state index contributed by atoms with van der Waals surface area (Å²) in [6.45, 7) is 2.00. The van der Waals surface area contributed by atoms with Gasteiger partial charge in [0, 0.05) is 23.9 Å². The zero-order valence-corrected chi connectivity index (χ0v) is 14.9. The summed E-state index contributed by atoms with van der Waals surface area (Å²) in [6.07, 6.45) is 1.17. The fourth-order valence-corrected chi connectivity index (χ4v) is 2.77. The molecule has 27 heavy (non-hydrogen) atoms. The number of ether oxygens (including phenoxy) is 1.